The molecule has 0 saturated heterocycles. The highest BCUT2D eigenvalue weighted by Gasteiger charge is 2.16. The first-order valence-electron chi connectivity index (χ1n) is 5.97. The Balaban J connectivity index is 3.08. The van der Waals surface area contributed by atoms with E-state index in [1.165, 1.54) is 13.2 Å². The fraction of sp³-hybridized carbons (Fsp3) is 0.462. The summed E-state index contributed by atoms with van der Waals surface area (Å²) in [6.45, 7) is 4.02. The van der Waals surface area contributed by atoms with Gasteiger partial charge in [0.1, 0.15) is 5.82 Å². The van der Waals surface area contributed by atoms with Crippen molar-refractivity contribution in [1.29, 1.82) is 0 Å². The van der Waals surface area contributed by atoms with Crippen LogP contribution in [0.2, 0.25) is 0 Å². The number of hydrogen-bond acceptors (Lipinski definition) is 4. The fourth-order valence-corrected chi connectivity index (χ4v) is 1.70. The molecule has 100 valence electrons. The second kappa shape index (κ2) is 6.23. The van der Waals surface area contributed by atoms with Crippen molar-refractivity contribution in [2.75, 3.05) is 18.2 Å². The van der Waals surface area contributed by atoms with Crippen molar-refractivity contribution < 1.29 is 13.9 Å². The molecular weight excluding hydrogens is 235 g/mol. The number of methoxy groups -OCH3 is 1. The fourth-order valence-electron chi connectivity index (χ4n) is 1.70. The number of halogens is 1. The first-order chi connectivity index (χ1) is 8.53. The number of benzene rings is 1. The SMILES string of the molecule is CCC(CC)Nc1cc(C(=O)OC)c(N)cc1F. The molecule has 5 heteroatoms. The summed E-state index contributed by atoms with van der Waals surface area (Å²) < 4.78 is 18.3. The minimum absolute atomic E-state index is 0.0782. The molecule has 3 N–H and O–H groups in total. The number of rotatable bonds is 5. The van der Waals surface area contributed by atoms with Crippen molar-refractivity contribution in [3.8, 4) is 0 Å². The van der Waals surface area contributed by atoms with E-state index in [9.17, 15) is 9.18 Å². The molecule has 1 rings (SSSR count). The summed E-state index contributed by atoms with van der Waals surface area (Å²) in [4.78, 5) is 11.5. The van der Waals surface area contributed by atoms with Crippen LogP contribution >= 0.6 is 0 Å². The molecule has 1 aromatic carbocycles. The van der Waals surface area contributed by atoms with Gasteiger partial charge in [-0.25, -0.2) is 9.18 Å². The maximum atomic E-state index is 13.7. The van der Waals surface area contributed by atoms with E-state index >= 15 is 0 Å². The summed E-state index contributed by atoms with van der Waals surface area (Å²) in [6.07, 6.45) is 1.74. The molecule has 0 radical (unpaired) electrons. The number of nitrogens with two attached hydrogens (primary N) is 1. The van der Waals surface area contributed by atoms with Crippen LogP contribution in [0.15, 0.2) is 12.1 Å². The zero-order chi connectivity index (χ0) is 13.7. The molecule has 0 spiro atoms. The van der Waals surface area contributed by atoms with Crippen LogP contribution in [0.5, 0.6) is 0 Å². The Hall–Kier alpha value is -1.78. The molecule has 0 heterocycles. The molecule has 0 unspecified atom stereocenters. The molecule has 0 aliphatic carbocycles. The quantitative estimate of drug-likeness (QED) is 0.626. The van der Waals surface area contributed by atoms with Crippen molar-refractivity contribution in [2.24, 2.45) is 0 Å². The highest BCUT2D eigenvalue weighted by Crippen LogP contribution is 2.24. The standard InChI is InChI=1S/C13H19FN2O2/c1-4-8(5-2)16-12-6-9(13(17)18-3)11(15)7-10(12)14/h6-8,16H,4-5,15H2,1-3H3. The lowest BCUT2D eigenvalue weighted by Gasteiger charge is -2.18. The Bertz CT molecular complexity index is 431. The molecule has 0 atom stereocenters. The Labute approximate surface area is 106 Å². The van der Waals surface area contributed by atoms with E-state index in [2.05, 4.69) is 10.1 Å². The topological polar surface area (TPSA) is 64.3 Å². The maximum absolute atomic E-state index is 13.7. The molecule has 0 bridgehead atoms. The number of carbonyl (C=O) groups is 1. The third-order valence-corrected chi connectivity index (χ3v) is 2.89. The number of hydrogen-bond donors (Lipinski definition) is 2. The third kappa shape index (κ3) is 3.12. The first kappa shape index (κ1) is 14.3. The zero-order valence-electron chi connectivity index (χ0n) is 10.9. The third-order valence-electron chi connectivity index (χ3n) is 2.89. The van der Waals surface area contributed by atoms with Crippen molar-refractivity contribution in [1.82, 2.24) is 0 Å². The van der Waals surface area contributed by atoms with E-state index in [0.717, 1.165) is 18.9 Å². The van der Waals surface area contributed by atoms with Crippen LogP contribution in [0.3, 0.4) is 0 Å². The smallest absolute Gasteiger partial charge is 0.340 e. The van der Waals surface area contributed by atoms with Crippen molar-refractivity contribution >= 4 is 17.3 Å². The maximum Gasteiger partial charge on any atom is 0.340 e. The van der Waals surface area contributed by atoms with Gasteiger partial charge in [0.15, 0.2) is 0 Å². The highest BCUT2D eigenvalue weighted by atomic mass is 19.1. The molecule has 1 aromatic rings. The van der Waals surface area contributed by atoms with Crippen molar-refractivity contribution in [2.45, 2.75) is 32.7 Å². The van der Waals surface area contributed by atoms with E-state index < -0.39 is 11.8 Å². The lowest BCUT2D eigenvalue weighted by Crippen LogP contribution is -2.18. The van der Waals surface area contributed by atoms with Gasteiger partial charge in [0.25, 0.3) is 0 Å². The second-order valence-electron chi connectivity index (χ2n) is 4.07. The minimum atomic E-state index is -0.569. The lowest BCUT2D eigenvalue weighted by atomic mass is 10.1. The van der Waals surface area contributed by atoms with Crippen molar-refractivity contribution in [3.05, 3.63) is 23.5 Å². The van der Waals surface area contributed by atoms with E-state index in [-0.39, 0.29) is 23.0 Å². The van der Waals surface area contributed by atoms with Crippen LogP contribution < -0.4 is 11.1 Å². The summed E-state index contributed by atoms with van der Waals surface area (Å²) in [5, 5.41) is 3.05. The molecule has 4 nitrogen and oxygen atoms in total. The highest BCUT2D eigenvalue weighted by molar-refractivity contribution is 5.96. The van der Waals surface area contributed by atoms with Gasteiger partial charge in [-0.15, -0.1) is 0 Å². The molecular formula is C13H19FN2O2. The molecule has 0 fully saturated rings. The Morgan fingerprint density at radius 3 is 2.56 bits per heavy atom. The Morgan fingerprint density at radius 1 is 1.44 bits per heavy atom. The molecule has 0 aliphatic rings. The largest absolute Gasteiger partial charge is 0.465 e. The van der Waals surface area contributed by atoms with Gasteiger partial charge in [0.2, 0.25) is 0 Å². The van der Waals surface area contributed by atoms with Crippen LogP contribution in [-0.4, -0.2) is 19.1 Å². The van der Waals surface area contributed by atoms with Gasteiger partial charge in [-0.3, -0.25) is 0 Å². The number of carbonyl (C=O) groups excluding carboxylic acids is 1. The second-order valence-corrected chi connectivity index (χ2v) is 4.07. The molecule has 0 saturated carbocycles. The number of nitrogens with one attached hydrogen (secondary N) is 1. The Morgan fingerprint density at radius 2 is 2.06 bits per heavy atom. The van der Waals surface area contributed by atoms with Gasteiger partial charge in [-0.2, -0.15) is 0 Å². The average Bonchev–Trinajstić information content (AvgIpc) is 2.37. The predicted octanol–water partition coefficient (Wildman–Crippen LogP) is 2.79. The van der Waals surface area contributed by atoms with Crippen LogP contribution in [0.25, 0.3) is 0 Å². The van der Waals surface area contributed by atoms with E-state index in [4.69, 9.17) is 5.73 Å². The number of nitrogen functional groups attached to an aromatic ring is 1. The van der Waals surface area contributed by atoms with E-state index in [1.54, 1.807) is 0 Å². The molecule has 0 amide bonds. The van der Waals surface area contributed by atoms with Crippen LogP contribution in [0, 0.1) is 5.82 Å². The van der Waals surface area contributed by atoms with Gasteiger partial charge in [-0.05, 0) is 25.0 Å². The first-order valence-corrected chi connectivity index (χ1v) is 5.97. The van der Waals surface area contributed by atoms with Crippen LogP contribution in [0.4, 0.5) is 15.8 Å². The van der Waals surface area contributed by atoms with Gasteiger partial charge < -0.3 is 15.8 Å². The van der Waals surface area contributed by atoms with Crippen LogP contribution in [0.1, 0.15) is 37.0 Å². The predicted molar refractivity (Wildman–Crippen MR) is 70.1 cm³/mol. The lowest BCUT2D eigenvalue weighted by molar-refractivity contribution is 0.0602. The number of esters is 1. The van der Waals surface area contributed by atoms with E-state index in [1.807, 2.05) is 13.8 Å². The van der Waals surface area contributed by atoms with Gasteiger partial charge >= 0.3 is 5.97 Å². The van der Waals surface area contributed by atoms with E-state index in [0.29, 0.717) is 0 Å². The monoisotopic (exact) mass is 254 g/mol. The minimum Gasteiger partial charge on any atom is -0.465 e. The molecule has 18 heavy (non-hydrogen) atoms. The molecule has 0 aliphatic heterocycles. The summed E-state index contributed by atoms with van der Waals surface area (Å²) in [6, 6.07) is 2.69. The summed E-state index contributed by atoms with van der Waals surface area (Å²) >= 11 is 0. The van der Waals surface area contributed by atoms with Crippen LogP contribution in [-0.2, 0) is 4.74 Å². The van der Waals surface area contributed by atoms with Gasteiger partial charge in [0, 0.05) is 11.7 Å². The summed E-state index contributed by atoms with van der Waals surface area (Å²) in [5.74, 6) is -1.04. The van der Waals surface area contributed by atoms with Crippen molar-refractivity contribution in [3.63, 3.8) is 0 Å². The zero-order valence-corrected chi connectivity index (χ0v) is 10.9. The normalized spacial score (nSPS) is 10.5. The van der Waals surface area contributed by atoms with Gasteiger partial charge in [-0.1, -0.05) is 13.8 Å². The number of anilines is 2. The summed E-state index contributed by atoms with van der Waals surface area (Å²) in [5.41, 5.74) is 6.12. The molecule has 0 aromatic heterocycles. The summed E-state index contributed by atoms with van der Waals surface area (Å²) in [7, 11) is 1.26. The average molecular weight is 254 g/mol. The number of ether oxygens (including phenoxy) is 1. The Kier molecular flexibility index (Phi) is 4.95. The van der Waals surface area contributed by atoms with Gasteiger partial charge in [0.05, 0.1) is 18.4 Å².